The molecule has 0 unspecified atom stereocenters. The highest BCUT2D eigenvalue weighted by atomic mass is 16.8. The molecule has 9 rings (SSSR count). The molecule has 0 aromatic heterocycles. The summed E-state index contributed by atoms with van der Waals surface area (Å²) in [7, 11) is 0. The van der Waals surface area contributed by atoms with Gasteiger partial charge in [0.2, 0.25) is 0 Å². The number of rotatable bonds is 8. The molecule has 0 radical (unpaired) electrons. The fraction of sp³-hybridized carbons (Fsp3) is 1.00. The standard InChI is InChI=1S/C45H74O19/c1-18-6-11-45(57-17-18)19(2)29-25(64-45)12-23-21-7-10-44(56)14-26(24(48)13-43(44,5)22(21)8-9-42(23,29)4)59-41-38(63-39-35(54)33(52)30(49)20(3)58-39)37(32(51)28(16-47)61-41)62-40-36(55)34(53)31(50)27(15-46)60-40/h18-41,46-56H,6-17H2,1-5H3/t18-,19+,20+,21-,22+,23+,24-,25+,26-,27-,28-,29+,30+,31+,32-,33-,34+,35-,36-,37+,38-,39+,40+,41-,42+,43-,44-,45-/m1/s1. The summed E-state index contributed by atoms with van der Waals surface area (Å²) >= 11 is 0. The number of hydrogen-bond donors (Lipinski definition) is 11. The minimum atomic E-state index is -1.92. The molecule has 19 nitrogen and oxygen atoms in total. The van der Waals surface area contributed by atoms with Crippen molar-refractivity contribution in [3.8, 4) is 0 Å². The topological polar surface area (TPSA) is 296 Å². The molecule has 5 aliphatic heterocycles. The van der Waals surface area contributed by atoms with E-state index in [9.17, 15) is 56.2 Å². The highest BCUT2D eigenvalue weighted by molar-refractivity contribution is 5.19. The van der Waals surface area contributed by atoms with Crippen molar-refractivity contribution in [1.82, 2.24) is 0 Å². The first-order valence-electron chi connectivity index (χ1n) is 23.8. The molecule has 368 valence electrons. The number of aliphatic hydroxyl groups is 11. The van der Waals surface area contributed by atoms with Gasteiger partial charge in [-0.15, -0.1) is 0 Å². The Balaban J connectivity index is 0.955. The summed E-state index contributed by atoms with van der Waals surface area (Å²) < 4.78 is 49.7. The Bertz CT molecular complexity index is 1640. The molecule has 28 atom stereocenters. The van der Waals surface area contributed by atoms with Crippen LogP contribution in [0.1, 0.15) is 92.4 Å². The number of hydrogen-bond acceptors (Lipinski definition) is 19. The molecule has 4 saturated carbocycles. The Morgan fingerprint density at radius 2 is 1.27 bits per heavy atom. The average Bonchev–Trinajstić information content (AvgIpc) is 3.71. The van der Waals surface area contributed by atoms with Crippen molar-refractivity contribution in [1.29, 1.82) is 0 Å². The number of ether oxygens (including phenoxy) is 8. The fourth-order valence-corrected chi connectivity index (χ4v) is 14.6. The molecule has 5 heterocycles. The van der Waals surface area contributed by atoms with Crippen molar-refractivity contribution in [3.05, 3.63) is 0 Å². The monoisotopic (exact) mass is 918 g/mol. The van der Waals surface area contributed by atoms with Gasteiger partial charge in [-0.1, -0.05) is 27.7 Å². The maximum absolute atomic E-state index is 12.9. The van der Waals surface area contributed by atoms with Crippen LogP contribution in [0.15, 0.2) is 0 Å². The van der Waals surface area contributed by atoms with Crippen LogP contribution >= 0.6 is 0 Å². The van der Waals surface area contributed by atoms with Gasteiger partial charge in [-0.3, -0.25) is 0 Å². The SMILES string of the molecule is C[C@@H]1CC[C@@]2(OC1)O[C@H]1C[C@H]3[C@@H]4CC[C@@]5(O)C[C@@H](O[C@@H]6O[C@H](CO)[C@@H](O)[C@H](O[C@@H]7O[C@H](CO)[C@H](O)[C@H](O)[C@H]7O)[C@H]6O[C@@H]6O[C@@H](C)[C@H](O)[C@@H](O)[C@H]6O)[C@H](O)C[C@]5(C)[C@H]4CC[C@]3(C)[C@H]1[C@@H]2C. The molecular weight excluding hydrogens is 844 g/mol. The van der Waals surface area contributed by atoms with Gasteiger partial charge >= 0.3 is 0 Å². The van der Waals surface area contributed by atoms with Crippen LogP contribution in [0.5, 0.6) is 0 Å². The number of aliphatic hydroxyl groups excluding tert-OH is 10. The van der Waals surface area contributed by atoms with Gasteiger partial charge in [-0.2, -0.15) is 0 Å². The smallest absolute Gasteiger partial charge is 0.187 e. The second kappa shape index (κ2) is 17.6. The van der Waals surface area contributed by atoms with Crippen LogP contribution in [0.4, 0.5) is 0 Å². The van der Waals surface area contributed by atoms with E-state index in [0.29, 0.717) is 36.7 Å². The van der Waals surface area contributed by atoms with E-state index in [0.717, 1.165) is 38.5 Å². The van der Waals surface area contributed by atoms with Crippen molar-refractivity contribution in [2.75, 3.05) is 19.8 Å². The Hall–Kier alpha value is -0.760. The minimum Gasteiger partial charge on any atom is -0.394 e. The summed E-state index contributed by atoms with van der Waals surface area (Å²) in [6.07, 6.45) is -20.7. The molecular formula is C45H74O19. The molecule has 11 N–H and O–H groups in total. The molecule has 5 saturated heterocycles. The van der Waals surface area contributed by atoms with Crippen molar-refractivity contribution in [2.45, 2.75) is 214 Å². The lowest BCUT2D eigenvalue weighted by atomic mass is 9.42. The van der Waals surface area contributed by atoms with Crippen LogP contribution in [0.2, 0.25) is 0 Å². The largest absolute Gasteiger partial charge is 0.394 e. The molecule has 0 aromatic carbocycles. The van der Waals surface area contributed by atoms with E-state index < -0.39 is 134 Å². The van der Waals surface area contributed by atoms with Crippen LogP contribution in [0, 0.1) is 46.3 Å². The Labute approximate surface area is 373 Å². The molecule has 19 heteroatoms. The van der Waals surface area contributed by atoms with Crippen LogP contribution < -0.4 is 0 Å². The molecule has 64 heavy (non-hydrogen) atoms. The van der Waals surface area contributed by atoms with Crippen molar-refractivity contribution in [3.63, 3.8) is 0 Å². The predicted molar refractivity (Wildman–Crippen MR) is 217 cm³/mol. The molecule has 1 spiro atoms. The highest BCUT2D eigenvalue weighted by Gasteiger charge is 2.71. The first-order valence-corrected chi connectivity index (χ1v) is 23.8. The molecule has 0 aromatic rings. The zero-order chi connectivity index (χ0) is 46.0. The zero-order valence-corrected chi connectivity index (χ0v) is 37.5. The third-order valence-corrected chi connectivity index (χ3v) is 18.4. The maximum Gasteiger partial charge on any atom is 0.187 e. The van der Waals surface area contributed by atoms with Gasteiger partial charge in [-0.25, -0.2) is 0 Å². The van der Waals surface area contributed by atoms with E-state index in [1.165, 1.54) is 6.92 Å². The van der Waals surface area contributed by atoms with Gasteiger partial charge in [-0.05, 0) is 86.9 Å². The lowest BCUT2D eigenvalue weighted by Gasteiger charge is -2.65. The molecule has 9 fully saturated rings. The Morgan fingerprint density at radius 3 is 1.94 bits per heavy atom. The van der Waals surface area contributed by atoms with Crippen molar-refractivity contribution >= 4 is 0 Å². The predicted octanol–water partition coefficient (Wildman–Crippen LogP) is -1.62. The summed E-state index contributed by atoms with van der Waals surface area (Å²) in [4.78, 5) is 0. The average molecular weight is 919 g/mol. The quantitative estimate of drug-likeness (QED) is 0.122. The lowest BCUT2D eigenvalue weighted by Crippen LogP contribution is -2.68. The van der Waals surface area contributed by atoms with Gasteiger partial charge in [0.25, 0.3) is 0 Å². The first kappa shape index (κ1) is 48.3. The van der Waals surface area contributed by atoms with Gasteiger partial charge in [0.15, 0.2) is 24.7 Å². The minimum absolute atomic E-state index is 0.0127. The maximum atomic E-state index is 12.9. The van der Waals surface area contributed by atoms with Crippen molar-refractivity contribution < 1.29 is 94.1 Å². The molecule has 9 aliphatic rings. The Kier molecular flexibility index (Phi) is 13.3. The van der Waals surface area contributed by atoms with Crippen LogP contribution in [-0.4, -0.2) is 198 Å². The van der Waals surface area contributed by atoms with Crippen molar-refractivity contribution in [2.24, 2.45) is 46.3 Å². The third kappa shape index (κ3) is 7.58. The van der Waals surface area contributed by atoms with Gasteiger partial charge in [0, 0.05) is 24.2 Å². The molecule has 4 aliphatic carbocycles. The molecule has 0 bridgehead atoms. The lowest BCUT2D eigenvalue weighted by molar-refractivity contribution is -0.398. The number of fused-ring (bicyclic) bond motifs is 7. The molecule has 0 amide bonds. The normalized spacial score (nSPS) is 59.8. The first-order chi connectivity index (χ1) is 30.2. The van der Waals surface area contributed by atoms with Gasteiger partial charge in [0.1, 0.15) is 67.1 Å². The Morgan fingerprint density at radius 1 is 0.625 bits per heavy atom. The van der Waals surface area contributed by atoms with Crippen LogP contribution in [0.3, 0.4) is 0 Å². The fourth-order valence-electron chi connectivity index (χ4n) is 14.6. The van der Waals surface area contributed by atoms with E-state index in [-0.39, 0.29) is 36.2 Å². The van der Waals surface area contributed by atoms with E-state index in [1.807, 2.05) is 0 Å². The summed E-state index contributed by atoms with van der Waals surface area (Å²) in [5.74, 6) is 1.42. The third-order valence-electron chi connectivity index (χ3n) is 18.4. The van der Waals surface area contributed by atoms with E-state index >= 15 is 0 Å². The van der Waals surface area contributed by atoms with Crippen LogP contribution in [-0.2, 0) is 37.9 Å². The van der Waals surface area contributed by atoms with E-state index in [2.05, 4.69) is 27.7 Å². The van der Waals surface area contributed by atoms with Gasteiger partial charge in [0.05, 0.1) is 49.8 Å². The van der Waals surface area contributed by atoms with E-state index in [4.69, 9.17) is 37.9 Å². The summed E-state index contributed by atoms with van der Waals surface area (Å²) in [5, 5.41) is 121. The van der Waals surface area contributed by atoms with Gasteiger partial charge < -0.3 is 94.1 Å². The second-order valence-corrected chi connectivity index (χ2v) is 21.8. The second-order valence-electron chi connectivity index (χ2n) is 21.8. The summed E-state index contributed by atoms with van der Waals surface area (Å²) in [5.41, 5.74) is -1.94. The zero-order valence-electron chi connectivity index (χ0n) is 37.5. The van der Waals surface area contributed by atoms with E-state index in [1.54, 1.807) is 0 Å². The summed E-state index contributed by atoms with van der Waals surface area (Å²) in [6.45, 7) is 9.65. The van der Waals surface area contributed by atoms with Crippen LogP contribution in [0.25, 0.3) is 0 Å². The summed E-state index contributed by atoms with van der Waals surface area (Å²) in [6, 6.07) is 0. The highest BCUT2D eigenvalue weighted by Crippen LogP contribution is 2.72.